The molecule has 0 radical (unpaired) electrons. The lowest BCUT2D eigenvalue weighted by Crippen LogP contribution is -2.05. The van der Waals surface area contributed by atoms with Crippen LogP contribution in [-0.2, 0) is 6.54 Å². The van der Waals surface area contributed by atoms with E-state index >= 15 is 0 Å². The molecule has 0 aliphatic heterocycles. The molecule has 20 heavy (non-hydrogen) atoms. The van der Waals surface area contributed by atoms with E-state index in [0.717, 1.165) is 6.07 Å². The van der Waals surface area contributed by atoms with Crippen LogP contribution >= 0.6 is 0 Å². The van der Waals surface area contributed by atoms with Crippen LogP contribution in [0.5, 0.6) is 0 Å². The highest BCUT2D eigenvalue weighted by atomic mass is 19.1. The van der Waals surface area contributed by atoms with E-state index in [1.807, 2.05) is 0 Å². The van der Waals surface area contributed by atoms with Crippen molar-refractivity contribution in [1.29, 1.82) is 5.26 Å². The Morgan fingerprint density at radius 3 is 2.90 bits per heavy atom. The summed E-state index contributed by atoms with van der Waals surface area (Å²) in [4.78, 5) is 14.1. The maximum absolute atomic E-state index is 13.0. The monoisotopic (exact) mass is 272 g/mol. The Morgan fingerprint density at radius 2 is 2.25 bits per heavy atom. The van der Waals surface area contributed by atoms with Gasteiger partial charge in [-0.15, -0.1) is 0 Å². The van der Waals surface area contributed by atoms with Gasteiger partial charge in [-0.05, 0) is 17.7 Å². The molecule has 0 atom stereocenters. The van der Waals surface area contributed by atoms with Crippen molar-refractivity contribution < 1.29 is 9.31 Å². The molecule has 0 fully saturated rings. The van der Waals surface area contributed by atoms with E-state index in [1.54, 1.807) is 18.2 Å². The first-order valence-electron chi connectivity index (χ1n) is 5.63. The topological polar surface area (TPSA) is 91.8 Å². The molecule has 0 aliphatic carbocycles. The molecule has 7 heteroatoms. The van der Waals surface area contributed by atoms with E-state index in [9.17, 15) is 14.5 Å². The van der Waals surface area contributed by atoms with Gasteiger partial charge in [-0.3, -0.25) is 10.1 Å². The maximum Gasteiger partial charge on any atom is 0.312 e. The molecule has 0 bridgehead atoms. The van der Waals surface area contributed by atoms with Gasteiger partial charge in [0.05, 0.1) is 10.5 Å². The summed E-state index contributed by atoms with van der Waals surface area (Å²) >= 11 is 0. The fourth-order valence-corrected chi connectivity index (χ4v) is 1.62. The predicted octanol–water partition coefficient (Wildman–Crippen LogP) is 2.61. The van der Waals surface area contributed by atoms with Crippen molar-refractivity contribution in [1.82, 2.24) is 4.98 Å². The van der Waals surface area contributed by atoms with Crippen LogP contribution in [0.1, 0.15) is 11.1 Å². The normalized spacial score (nSPS) is 9.80. The largest absolute Gasteiger partial charge is 0.360 e. The second kappa shape index (κ2) is 5.75. The first-order valence-corrected chi connectivity index (χ1v) is 5.63. The minimum absolute atomic E-state index is 0.0401. The zero-order valence-electron chi connectivity index (χ0n) is 10.2. The van der Waals surface area contributed by atoms with E-state index in [1.165, 1.54) is 18.3 Å². The summed E-state index contributed by atoms with van der Waals surface area (Å²) in [7, 11) is 0. The summed E-state index contributed by atoms with van der Waals surface area (Å²) in [5.41, 5.74) is 0.443. The van der Waals surface area contributed by atoms with Gasteiger partial charge in [-0.25, -0.2) is 9.37 Å². The van der Waals surface area contributed by atoms with E-state index in [-0.39, 0.29) is 29.4 Å². The third-order valence-electron chi connectivity index (χ3n) is 2.54. The van der Waals surface area contributed by atoms with E-state index in [2.05, 4.69) is 10.3 Å². The minimum Gasteiger partial charge on any atom is -0.360 e. The van der Waals surface area contributed by atoms with Gasteiger partial charge in [0.15, 0.2) is 0 Å². The van der Waals surface area contributed by atoms with Crippen molar-refractivity contribution in [2.45, 2.75) is 6.54 Å². The van der Waals surface area contributed by atoms with Crippen LogP contribution in [-0.4, -0.2) is 9.91 Å². The Kier molecular flexibility index (Phi) is 3.86. The average molecular weight is 272 g/mol. The number of nitriles is 1. The number of rotatable bonds is 4. The number of halogens is 1. The first kappa shape index (κ1) is 13.4. The molecule has 0 amide bonds. The summed E-state index contributed by atoms with van der Waals surface area (Å²) in [6, 6.07) is 8.79. The van der Waals surface area contributed by atoms with Crippen LogP contribution in [0.4, 0.5) is 15.9 Å². The summed E-state index contributed by atoms with van der Waals surface area (Å²) in [6.45, 7) is 0.192. The Balaban J connectivity index is 2.21. The van der Waals surface area contributed by atoms with Gasteiger partial charge < -0.3 is 5.32 Å². The Hall–Kier alpha value is -3.01. The Labute approximate surface area is 113 Å². The van der Waals surface area contributed by atoms with Crippen molar-refractivity contribution in [3.05, 3.63) is 63.6 Å². The fraction of sp³-hybridized carbons (Fsp3) is 0.0769. The average Bonchev–Trinajstić information content (AvgIpc) is 2.45. The molecule has 0 saturated carbocycles. The molecule has 2 aromatic rings. The smallest absolute Gasteiger partial charge is 0.312 e. The third kappa shape index (κ3) is 3.05. The van der Waals surface area contributed by atoms with Gasteiger partial charge in [0.1, 0.15) is 11.9 Å². The molecule has 0 saturated heterocycles. The number of hydrogen-bond donors (Lipinski definition) is 1. The molecule has 0 spiro atoms. The SMILES string of the molecule is N#Cc1cnc(NCc2cccc(F)c2)c([N+](=O)[O-])c1. The zero-order chi connectivity index (χ0) is 14.5. The molecule has 0 unspecified atom stereocenters. The quantitative estimate of drug-likeness (QED) is 0.682. The van der Waals surface area contributed by atoms with Crippen LogP contribution in [0.15, 0.2) is 36.5 Å². The summed E-state index contributed by atoms with van der Waals surface area (Å²) in [5, 5.41) is 22.4. The number of nitrogens with zero attached hydrogens (tertiary/aromatic N) is 3. The summed E-state index contributed by atoms with van der Waals surface area (Å²) in [5.74, 6) is -0.343. The second-order valence-corrected chi connectivity index (χ2v) is 3.94. The second-order valence-electron chi connectivity index (χ2n) is 3.94. The van der Waals surface area contributed by atoms with Gasteiger partial charge in [0.2, 0.25) is 5.82 Å². The van der Waals surface area contributed by atoms with Crippen LogP contribution in [0.2, 0.25) is 0 Å². The highest BCUT2D eigenvalue weighted by Crippen LogP contribution is 2.23. The van der Waals surface area contributed by atoms with Crippen molar-refractivity contribution in [3.63, 3.8) is 0 Å². The number of hydrogen-bond acceptors (Lipinski definition) is 5. The lowest BCUT2D eigenvalue weighted by atomic mass is 10.2. The lowest BCUT2D eigenvalue weighted by Gasteiger charge is -2.06. The lowest BCUT2D eigenvalue weighted by molar-refractivity contribution is -0.384. The van der Waals surface area contributed by atoms with Crippen LogP contribution in [0, 0.1) is 27.3 Å². The fourth-order valence-electron chi connectivity index (χ4n) is 1.62. The molecule has 0 aliphatic rings. The van der Waals surface area contributed by atoms with Gasteiger partial charge in [-0.1, -0.05) is 12.1 Å². The first-order chi connectivity index (χ1) is 9.60. The van der Waals surface area contributed by atoms with E-state index in [4.69, 9.17) is 5.26 Å². The molecule has 100 valence electrons. The molecule has 1 aromatic heterocycles. The van der Waals surface area contributed by atoms with E-state index < -0.39 is 4.92 Å². The number of nitrogens with one attached hydrogen (secondary N) is 1. The zero-order valence-corrected chi connectivity index (χ0v) is 10.2. The number of pyridine rings is 1. The molecular formula is C13H9FN4O2. The maximum atomic E-state index is 13.0. The molecule has 2 rings (SSSR count). The van der Waals surface area contributed by atoms with Gasteiger partial charge >= 0.3 is 5.69 Å². The number of nitro groups is 1. The molecule has 1 heterocycles. The highest BCUT2D eigenvalue weighted by molar-refractivity contribution is 5.58. The highest BCUT2D eigenvalue weighted by Gasteiger charge is 2.16. The Morgan fingerprint density at radius 1 is 1.45 bits per heavy atom. The standard InChI is InChI=1S/C13H9FN4O2/c14-11-3-1-2-9(4-11)7-16-13-12(18(19)20)5-10(6-15)8-17-13/h1-5,8H,7H2,(H,16,17). The van der Waals surface area contributed by atoms with Crippen LogP contribution < -0.4 is 5.32 Å². The van der Waals surface area contributed by atoms with Gasteiger partial charge in [0, 0.05) is 18.8 Å². The molecule has 1 N–H and O–H groups in total. The molecule has 6 nitrogen and oxygen atoms in total. The van der Waals surface area contributed by atoms with E-state index in [0.29, 0.717) is 5.56 Å². The van der Waals surface area contributed by atoms with Crippen molar-refractivity contribution in [2.75, 3.05) is 5.32 Å². The summed E-state index contributed by atoms with van der Waals surface area (Å²) in [6.07, 6.45) is 1.24. The van der Waals surface area contributed by atoms with Crippen LogP contribution in [0.25, 0.3) is 0 Å². The van der Waals surface area contributed by atoms with Gasteiger partial charge in [0.25, 0.3) is 0 Å². The predicted molar refractivity (Wildman–Crippen MR) is 69.3 cm³/mol. The number of aromatic nitrogens is 1. The Bertz CT molecular complexity index is 697. The minimum atomic E-state index is -0.623. The number of benzene rings is 1. The van der Waals surface area contributed by atoms with Crippen molar-refractivity contribution >= 4 is 11.5 Å². The van der Waals surface area contributed by atoms with Gasteiger partial charge in [-0.2, -0.15) is 5.26 Å². The number of anilines is 1. The molecule has 1 aromatic carbocycles. The summed E-state index contributed by atoms with van der Waals surface area (Å²) < 4.78 is 13.0. The molecular weight excluding hydrogens is 263 g/mol. The van der Waals surface area contributed by atoms with Crippen molar-refractivity contribution in [3.8, 4) is 6.07 Å². The van der Waals surface area contributed by atoms with Crippen molar-refractivity contribution in [2.24, 2.45) is 0 Å². The van der Waals surface area contributed by atoms with Crippen LogP contribution in [0.3, 0.4) is 0 Å². The third-order valence-corrected chi connectivity index (χ3v) is 2.54.